The molecule has 0 unspecified atom stereocenters. The van der Waals surface area contributed by atoms with E-state index in [0.29, 0.717) is 40.0 Å². The van der Waals surface area contributed by atoms with E-state index in [1.54, 1.807) is 10.7 Å². The van der Waals surface area contributed by atoms with E-state index in [2.05, 4.69) is 31.6 Å². The average Bonchev–Trinajstić information content (AvgIpc) is 3.07. The van der Waals surface area contributed by atoms with Crippen LogP contribution in [0.5, 0.6) is 11.5 Å². The zero-order chi connectivity index (χ0) is 21.7. The highest BCUT2D eigenvalue weighted by Gasteiger charge is 2.14. The summed E-state index contributed by atoms with van der Waals surface area (Å²) in [4.78, 5) is 0. The van der Waals surface area contributed by atoms with Crippen molar-refractivity contribution in [3.63, 3.8) is 0 Å². The topological polar surface area (TPSA) is 64.1 Å². The molecule has 0 radical (unpaired) electrons. The number of aryl methyl sites for hydroxylation is 1. The molecule has 30 heavy (non-hydrogen) atoms. The van der Waals surface area contributed by atoms with Gasteiger partial charge in [0, 0.05) is 12.0 Å². The van der Waals surface area contributed by atoms with E-state index in [9.17, 15) is 4.39 Å². The monoisotopic (exact) mass is 514 g/mol. The summed E-state index contributed by atoms with van der Waals surface area (Å²) in [7, 11) is 0. The normalized spacial score (nSPS) is 10.8. The Morgan fingerprint density at radius 3 is 2.77 bits per heavy atom. The van der Waals surface area contributed by atoms with Crippen LogP contribution >= 0.6 is 39.7 Å². The molecule has 0 amide bonds. The maximum absolute atomic E-state index is 13.3. The van der Waals surface area contributed by atoms with Crippen molar-refractivity contribution >= 4 is 39.7 Å². The summed E-state index contributed by atoms with van der Waals surface area (Å²) in [5.41, 5.74) is 4.90. The molecule has 6 nitrogen and oxygen atoms in total. The fourth-order valence-corrected chi connectivity index (χ4v) is 3.86. The Morgan fingerprint density at radius 2 is 2.07 bits per heavy atom. The molecule has 0 aliphatic rings. The maximum Gasteiger partial charge on any atom is 0.214 e. The van der Waals surface area contributed by atoms with E-state index < -0.39 is 0 Å². The van der Waals surface area contributed by atoms with Gasteiger partial charge in [-0.05, 0) is 64.9 Å². The van der Waals surface area contributed by atoms with Gasteiger partial charge < -0.3 is 14.9 Å². The maximum atomic E-state index is 13.3. The molecular formula is C20H21BrClFN4O2S. The highest BCUT2D eigenvalue weighted by molar-refractivity contribution is 9.10. The molecule has 2 N–H and O–H groups in total. The number of aromatic amines is 1. The number of nitrogens with zero attached hydrogens (tertiary/aromatic N) is 2. The van der Waals surface area contributed by atoms with Gasteiger partial charge in [-0.15, -0.1) is 0 Å². The third kappa shape index (κ3) is 5.33. The van der Waals surface area contributed by atoms with Gasteiger partial charge in [-0.25, -0.2) is 9.07 Å². The molecule has 0 spiro atoms. The molecule has 0 saturated carbocycles. The Hall–Kier alpha value is -2.10. The van der Waals surface area contributed by atoms with Gasteiger partial charge in [-0.2, -0.15) is 5.10 Å². The first kappa shape index (κ1) is 22.6. The first-order chi connectivity index (χ1) is 14.4. The Bertz CT molecular complexity index is 1090. The van der Waals surface area contributed by atoms with Crippen molar-refractivity contribution in [2.45, 2.75) is 33.4 Å². The summed E-state index contributed by atoms with van der Waals surface area (Å²) in [6.45, 7) is 5.07. The molecule has 1 heterocycles. The number of hydrogen-bond donors (Lipinski definition) is 2. The predicted octanol–water partition coefficient (Wildman–Crippen LogP) is 5.78. The molecule has 3 rings (SSSR count). The molecule has 0 bridgehead atoms. The SMILES string of the molecule is CCOc1cc(CNn2c(CC)n[nH]c2=S)cc(Br)c1OCc1ccc(F)cc1Cl. The van der Waals surface area contributed by atoms with E-state index >= 15 is 0 Å². The van der Waals surface area contributed by atoms with Crippen molar-refractivity contribution in [2.75, 3.05) is 12.0 Å². The largest absolute Gasteiger partial charge is 0.490 e. The smallest absolute Gasteiger partial charge is 0.214 e. The molecule has 0 aliphatic heterocycles. The summed E-state index contributed by atoms with van der Waals surface area (Å²) in [6, 6.07) is 8.05. The fourth-order valence-electron chi connectivity index (χ4n) is 2.82. The Balaban J connectivity index is 1.79. The lowest BCUT2D eigenvalue weighted by Crippen LogP contribution is -2.17. The van der Waals surface area contributed by atoms with E-state index in [0.717, 1.165) is 22.3 Å². The fraction of sp³-hybridized carbons (Fsp3) is 0.300. The summed E-state index contributed by atoms with van der Waals surface area (Å²) in [5.74, 6) is 1.57. The number of ether oxygens (including phenoxy) is 2. The third-order valence-electron chi connectivity index (χ3n) is 4.26. The lowest BCUT2D eigenvalue weighted by atomic mass is 10.2. The highest BCUT2D eigenvalue weighted by Crippen LogP contribution is 2.38. The van der Waals surface area contributed by atoms with Gasteiger partial charge in [0.05, 0.1) is 22.6 Å². The van der Waals surface area contributed by atoms with Crippen LogP contribution in [0.4, 0.5) is 4.39 Å². The lowest BCUT2D eigenvalue weighted by Gasteiger charge is -2.17. The molecule has 1 aromatic heterocycles. The standard InChI is InChI=1S/C20H21BrClFN4O2S/c1-3-18-25-26-20(30)27(18)24-10-12-7-15(21)19(17(8-12)28-4-2)29-11-13-5-6-14(23)9-16(13)22/h5-9,24H,3-4,10-11H2,1-2H3,(H,26,30). The summed E-state index contributed by atoms with van der Waals surface area (Å²) in [5, 5.41) is 7.28. The second-order valence-corrected chi connectivity index (χ2v) is 7.98. The van der Waals surface area contributed by atoms with Gasteiger partial charge in [-0.1, -0.05) is 24.6 Å². The molecule has 160 valence electrons. The lowest BCUT2D eigenvalue weighted by molar-refractivity contribution is 0.267. The van der Waals surface area contributed by atoms with Crippen LogP contribution in [0.15, 0.2) is 34.8 Å². The van der Waals surface area contributed by atoms with Gasteiger partial charge in [-0.3, -0.25) is 5.10 Å². The zero-order valence-corrected chi connectivity index (χ0v) is 19.6. The third-order valence-corrected chi connectivity index (χ3v) is 5.47. The van der Waals surface area contributed by atoms with E-state index in [-0.39, 0.29) is 12.4 Å². The van der Waals surface area contributed by atoms with Crippen LogP contribution in [0.1, 0.15) is 30.8 Å². The summed E-state index contributed by atoms with van der Waals surface area (Å²) < 4.78 is 28.0. The summed E-state index contributed by atoms with van der Waals surface area (Å²) >= 11 is 14.9. The van der Waals surface area contributed by atoms with Crippen LogP contribution in [0, 0.1) is 10.6 Å². The predicted molar refractivity (Wildman–Crippen MR) is 121 cm³/mol. The van der Waals surface area contributed by atoms with Crippen LogP contribution in [0.25, 0.3) is 0 Å². The summed E-state index contributed by atoms with van der Waals surface area (Å²) in [6.07, 6.45) is 0.743. The van der Waals surface area contributed by atoms with Crippen molar-refractivity contribution in [3.8, 4) is 11.5 Å². The number of aromatic nitrogens is 3. The van der Waals surface area contributed by atoms with Gasteiger partial charge >= 0.3 is 0 Å². The minimum atomic E-state index is -0.388. The van der Waals surface area contributed by atoms with Gasteiger partial charge in [0.15, 0.2) is 17.3 Å². The minimum absolute atomic E-state index is 0.180. The molecule has 0 aliphatic carbocycles. The van der Waals surface area contributed by atoms with Crippen LogP contribution in [0.2, 0.25) is 5.02 Å². The van der Waals surface area contributed by atoms with Gasteiger partial charge in [0.25, 0.3) is 0 Å². The molecule has 0 fully saturated rings. The van der Waals surface area contributed by atoms with Crippen molar-refractivity contribution in [2.24, 2.45) is 0 Å². The van der Waals surface area contributed by atoms with Crippen LogP contribution in [-0.4, -0.2) is 21.5 Å². The number of nitrogens with one attached hydrogen (secondary N) is 2. The van der Waals surface area contributed by atoms with Crippen LogP contribution in [0.3, 0.4) is 0 Å². The van der Waals surface area contributed by atoms with E-state index in [1.165, 1.54) is 12.1 Å². The molecule has 0 atom stereocenters. The van der Waals surface area contributed by atoms with Gasteiger partial charge in [0.2, 0.25) is 4.77 Å². The number of hydrogen-bond acceptors (Lipinski definition) is 5. The highest BCUT2D eigenvalue weighted by atomic mass is 79.9. The average molecular weight is 516 g/mol. The number of halogens is 3. The second kappa shape index (κ2) is 10.3. The Labute approximate surface area is 192 Å². The quantitative estimate of drug-likeness (QED) is 0.354. The molecule has 10 heteroatoms. The first-order valence-electron chi connectivity index (χ1n) is 9.35. The minimum Gasteiger partial charge on any atom is -0.490 e. The number of H-pyrrole nitrogens is 1. The van der Waals surface area contributed by atoms with Crippen molar-refractivity contribution in [1.82, 2.24) is 14.9 Å². The van der Waals surface area contributed by atoms with Gasteiger partial charge in [0.1, 0.15) is 12.4 Å². The molecule has 3 aromatic rings. The second-order valence-electron chi connectivity index (χ2n) is 6.33. The molecular weight excluding hydrogens is 495 g/mol. The van der Waals surface area contributed by atoms with Crippen molar-refractivity contribution < 1.29 is 13.9 Å². The van der Waals surface area contributed by atoms with E-state index in [1.807, 2.05) is 26.0 Å². The van der Waals surface area contributed by atoms with E-state index in [4.69, 9.17) is 33.3 Å². The number of benzene rings is 2. The molecule has 2 aromatic carbocycles. The van der Waals surface area contributed by atoms with Crippen molar-refractivity contribution in [1.29, 1.82) is 0 Å². The number of rotatable bonds is 9. The van der Waals surface area contributed by atoms with Crippen LogP contribution < -0.4 is 14.9 Å². The first-order valence-corrected chi connectivity index (χ1v) is 10.9. The zero-order valence-electron chi connectivity index (χ0n) is 16.5. The van der Waals surface area contributed by atoms with Crippen LogP contribution in [-0.2, 0) is 19.6 Å². The van der Waals surface area contributed by atoms with Crippen molar-refractivity contribution in [3.05, 3.63) is 67.4 Å². The Morgan fingerprint density at radius 1 is 1.27 bits per heavy atom. The Kier molecular flexibility index (Phi) is 7.74. The molecule has 0 saturated heterocycles.